The van der Waals surface area contributed by atoms with Crippen molar-refractivity contribution in [3.8, 4) is 0 Å². The van der Waals surface area contributed by atoms with E-state index in [1.54, 1.807) is 0 Å². The number of hydrogen-bond donors (Lipinski definition) is 1. The van der Waals surface area contributed by atoms with E-state index in [1.807, 2.05) is 24.4 Å². The smallest absolute Gasteiger partial charge is 0.330 e. The van der Waals surface area contributed by atoms with Crippen LogP contribution in [-0.4, -0.2) is 9.97 Å². The van der Waals surface area contributed by atoms with Gasteiger partial charge in [-0.3, -0.25) is 0 Å². The Labute approximate surface area is 97.1 Å². The molecule has 0 atom stereocenters. The van der Waals surface area contributed by atoms with Gasteiger partial charge in [-0.25, -0.2) is 4.98 Å². The maximum atomic E-state index is 4.63. The molecule has 0 unspecified atom stereocenters. The SMILES string of the molecule is c1c[nH]c2cc3c(nc2c1)[nH+]c1ccccc13. The Morgan fingerprint density at radius 2 is 1.94 bits per heavy atom. The average molecular weight is 220 g/mol. The van der Waals surface area contributed by atoms with Gasteiger partial charge >= 0.3 is 5.65 Å². The molecule has 0 amide bonds. The Balaban J connectivity index is 2.28. The lowest BCUT2D eigenvalue weighted by Crippen LogP contribution is -1.99. The van der Waals surface area contributed by atoms with Gasteiger partial charge in [-0.2, -0.15) is 0 Å². The number of rotatable bonds is 0. The minimum absolute atomic E-state index is 0.943. The number of nitrogens with zero attached hydrogens (tertiary/aromatic N) is 1. The normalized spacial score (nSPS) is 11.5. The summed E-state index contributed by atoms with van der Waals surface area (Å²) >= 11 is 0. The molecular weight excluding hydrogens is 210 g/mol. The summed E-state index contributed by atoms with van der Waals surface area (Å²) in [5, 5.41) is 2.38. The minimum atomic E-state index is 0.943. The molecule has 80 valence electrons. The van der Waals surface area contributed by atoms with E-state index < -0.39 is 0 Å². The van der Waals surface area contributed by atoms with Crippen molar-refractivity contribution in [3.63, 3.8) is 0 Å². The second-order valence-corrected chi connectivity index (χ2v) is 4.16. The van der Waals surface area contributed by atoms with Gasteiger partial charge in [0.2, 0.25) is 0 Å². The first-order chi connectivity index (χ1) is 8.42. The van der Waals surface area contributed by atoms with E-state index >= 15 is 0 Å². The maximum absolute atomic E-state index is 4.63. The molecular formula is C14H10N3+. The van der Waals surface area contributed by atoms with Crippen molar-refractivity contribution in [2.24, 2.45) is 0 Å². The quantitative estimate of drug-likeness (QED) is 0.486. The number of pyridine rings is 2. The second-order valence-electron chi connectivity index (χ2n) is 4.16. The van der Waals surface area contributed by atoms with Gasteiger partial charge in [-0.05, 0) is 35.3 Å². The van der Waals surface area contributed by atoms with Gasteiger partial charge in [0.05, 0.1) is 10.9 Å². The Morgan fingerprint density at radius 1 is 1.00 bits per heavy atom. The molecule has 0 saturated heterocycles. The summed E-state index contributed by atoms with van der Waals surface area (Å²) in [6, 6.07) is 14.4. The highest BCUT2D eigenvalue weighted by atomic mass is 14.9. The van der Waals surface area contributed by atoms with Crippen molar-refractivity contribution < 1.29 is 4.98 Å². The van der Waals surface area contributed by atoms with Gasteiger partial charge in [0.15, 0.2) is 5.52 Å². The summed E-state index contributed by atoms with van der Waals surface area (Å²) in [7, 11) is 0. The molecule has 0 saturated carbocycles. The van der Waals surface area contributed by atoms with Gasteiger partial charge in [0.25, 0.3) is 0 Å². The van der Waals surface area contributed by atoms with Crippen molar-refractivity contribution in [3.05, 3.63) is 48.7 Å². The third-order valence-corrected chi connectivity index (χ3v) is 3.11. The summed E-state index contributed by atoms with van der Waals surface area (Å²) in [5.41, 5.74) is 4.11. The van der Waals surface area contributed by atoms with Crippen LogP contribution in [0, 0.1) is 0 Å². The van der Waals surface area contributed by atoms with Crippen molar-refractivity contribution in [1.29, 1.82) is 0 Å². The van der Waals surface area contributed by atoms with Crippen LogP contribution in [0.15, 0.2) is 48.7 Å². The Hall–Kier alpha value is -2.42. The molecule has 0 bridgehead atoms. The van der Waals surface area contributed by atoms with Crippen LogP contribution in [0.5, 0.6) is 0 Å². The zero-order valence-corrected chi connectivity index (χ0v) is 9.07. The van der Waals surface area contributed by atoms with E-state index in [1.165, 1.54) is 5.39 Å². The number of para-hydroxylation sites is 1. The summed E-state index contributed by atoms with van der Waals surface area (Å²) in [6.07, 6.45) is 1.92. The van der Waals surface area contributed by atoms with E-state index in [-0.39, 0.29) is 0 Å². The number of nitrogens with one attached hydrogen (secondary N) is 2. The monoisotopic (exact) mass is 220 g/mol. The van der Waals surface area contributed by atoms with Gasteiger partial charge in [0.1, 0.15) is 5.52 Å². The van der Waals surface area contributed by atoms with Crippen LogP contribution >= 0.6 is 0 Å². The van der Waals surface area contributed by atoms with E-state index in [0.717, 1.165) is 27.6 Å². The lowest BCUT2D eigenvalue weighted by atomic mass is 10.2. The Morgan fingerprint density at radius 3 is 2.94 bits per heavy atom. The Kier molecular flexibility index (Phi) is 1.56. The third kappa shape index (κ3) is 1.16. The van der Waals surface area contributed by atoms with Crippen molar-refractivity contribution in [2.45, 2.75) is 0 Å². The van der Waals surface area contributed by atoms with Crippen LogP contribution in [0.2, 0.25) is 0 Å². The highest BCUT2D eigenvalue weighted by Crippen LogP contribution is 2.23. The summed E-state index contributed by atoms with van der Waals surface area (Å²) < 4.78 is 0. The van der Waals surface area contributed by atoms with Crippen LogP contribution in [-0.2, 0) is 0 Å². The van der Waals surface area contributed by atoms with Crippen LogP contribution in [0.1, 0.15) is 0 Å². The van der Waals surface area contributed by atoms with Crippen molar-refractivity contribution in [2.75, 3.05) is 0 Å². The molecule has 17 heavy (non-hydrogen) atoms. The van der Waals surface area contributed by atoms with E-state index in [0.29, 0.717) is 0 Å². The topological polar surface area (TPSA) is 42.8 Å². The minimum Gasteiger partial charge on any atom is -0.358 e. The van der Waals surface area contributed by atoms with Gasteiger partial charge in [0, 0.05) is 11.6 Å². The lowest BCUT2D eigenvalue weighted by molar-refractivity contribution is -0.310. The Bertz CT molecular complexity index is 840. The number of aromatic amines is 2. The first kappa shape index (κ1) is 8.70. The zero-order valence-electron chi connectivity index (χ0n) is 9.07. The number of benzene rings is 1. The van der Waals surface area contributed by atoms with Crippen LogP contribution in [0.3, 0.4) is 0 Å². The first-order valence-electron chi connectivity index (χ1n) is 5.60. The van der Waals surface area contributed by atoms with Gasteiger partial charge < -0.3 is 4.98 Å². The summed E-state index contributed by atoms with van der Waals surface area (Å²) in [6.45, 7) is 0. The molecule has 0 fully saturated rings. The molecule has 0 aliphatic heterocycles. The van der Waals surface area contributed by atoms with Crippen LogP contribution in [0.4, 0.5) is 0 Å². The molecule has 3 heteroatoms. The number of fused-ring (bicyclic) bond motifs is 4. The van der Waals surface area contributed by atoms with Gasteiger partial charge in [-0.1, -0.05) is 12.1 Å². The average Bonchev–Trinajstić information content (AvgIpc) is 2.73. The third-order valence-electron chi connectivity index (χ3n) is 3.11. The van der Waals surface area contributed by atoms with Gasteiger partial charge in [-0.15, -0.1) is 0 Å². The van der Waals surface area contributed by atoms with E-state index in [9.17, 15) is 0 Å². The fourth-order valence-corrected chi connectivity index (χ4v) is 2.30. The highest BCUT2D eigenvalue weighted by molar-refractivity contribution is 6.05. The lowest BCUT2D eigenvalue weighted by Gasteiger charge is -1.91. The van der Waals surface area contributed by atoms with Crippen molar-refractivity contribution in [1.82, 2.24) is 9.97 Å². The fourth-order valence-electron chi connectivity index (χ4n) is 2.30. The zero-order chi connectivity index (χ0) is 11.2. The molecule has 0 aliphatic carbocycles. The molecule has 3 heterocycles. The maximum Gasteiger partial charge on any atom is 0.330 e. The standard InChI is InChI=1S/C14H9N3/c1-2-5-11-9(4-1)10-8-13-12(6-3-7-15-13)17-14(10)16-11/h1-8,15H/p+1. The summed E-state index contributed by atoms with van der Waals surface area (Å²) in [5.74, 6) is 0. The van der Waals surface area contributed by atoms with E-state index in [2.05, 4.69) is 39.2 Å². The predicted molar refractivity (Wildman–Crippen MR) is 67.7 cm³/mol. The molecule has 0 aliphatic rings. The predicted octanol–water partition coefficient (Wildman–Crippen LogP) is 2.68. The molecule has 1 aromatic carbocycles. The molecule has 4 rings (SSSR count). The molecule has 0 radical (unpaired) electrons. The molecule has 3 nitrogen and oxygen atoms in total. The van der Waals surface area contributed by atoms with E-state index in [4.69, 9.17) is 0 Å². The second kappa shape index (κ2) is 3.04. The molecule has 0 spiro atoms. The summed E-state index contributed by atoms with van der Waals surface area (Å²) in [4.78, 5) is 11.2. The fraction of sp³-hybridized carbons (Fsp3) is 0. The molecule has 2 N–H and O–H groups in total. The highest BCUT2D eigenvalue weighted by Gasteiger charge is 2.13. The number of aromatic nitrogens is 3. The largest absolute Gasteiger partial charge is 0.358 e. The molecule has 4 aromatic rings. The van der Waals surface area contributed by atoms with Crippen LogP contribution in [0.25, 0.3) is 33.0 Å². The number of H-pyrrole nitrogens is 2. The first-order valence-corrected chi connectivity index (χ1v) is 5.60. The van der Waals surface area contributed by atoms with Crippen molar-refractivity contribution >= 4 is 33.0 Å². The number of hydrogen-bond acceptors (Lipinski definition) is 1. The van der Waals surface area contributed by atoms with Crippen LogP contribution < -0.4 is 4.98 Å². The molecule has 3 aromatic heterocycles.